The van der Waals surface area contributed by atoms with E-state index >= 15 is 0 Å². The third kappa shape index (κ3) is 0.679. The third-order valence-corrected chi connectivity index (χ3v) is 3.78. The van der Waals surface area contributed by atoms with E-state index in [4.69, 9.17) is 4.74 Å². The first-order chi connectivity index (χ1) is 6.15. The number of hydrogen-bond donors (Lipinski definition) is 0. The summed E-state index contributed by atoms with van der Waals surface area (Å²) < 4.78 is 5.35. The van der Waals surface area contributed by atoms with E-state index < -0.39 is 0 Å². The minimum absolute atomic E-state index is 0.173. The van der Waals surface area contributed by atoms with Crippen molar-refractivity contribution in [3.05, 3.63) is 23.8 Å². The number of hydrogen-bond acceptors (Lipinski definition) is 2. The molecule has 4 atom stereocenters. The molecule has 68 valence electrons. The lowest BCUT2D eigenvalue weighted by atomic mass is 9.97. The van der Waals surface area contributed by atoms with E-state index in [1.165, 1.54) is 5.57 Å². The molecule has 1 spiro atoms. The molecule has 1 saturated carbocycles. The minimum Gasteiger partial charge on any atom is -0.451 e. The number of carbonyl (C=O) groups is 1. The van der Waals surface area contributed by atoms with E-state index in [0.717, 1.165) is 0 Å². The van der Waals surface area contributed by atoms with Gasteiger partial charge in [0.25, 0.3) is 0 Å². The van der Waals surface area contributed by atoms with Gasteiger partial charge in [-0.15, -0.1) is 0 Å². The van der Waals surface area contributed by atoms with Crippen LogP contribution in [0.4, 0.5) is 0 Å². The van der Waals surface area contributed by atoms with Crippen LogP contribution in [0.2, 0.25) is 0 Å². The number of esters is 1. The lowest BCUT2D eigenvalue weighted by Gasteiger charge is -2.15. The van der Waals surface area contributed by atoms with Gasteiger partial charge >= 0.3 is 5.97 Å². The molecule has 2 heteroatoms. The summed E-state index contributed by atoms with van der Waals surface area (Å²) >= 11 is 0. The van der Waals surface area contributed by atoms with E-state index in [9.17, 15) is 4.79 Å². The molecule has 13 heavy (non-hydrogen) atoms. The van der Waals surface area contributed by atoms with Gasteiger partial charge in [0.05, 0.1) is 0 Å². The van der Waals surface area contributed by atoms with E-state index in [1.807, 2.05) is 6.08 Å². The second kappa shape index (κ2) is 1.89. The van der Waals surface area contributed by atoms with Gasteiger partial charge in [0.15, 0.2) is 0 Å². The van der Waals surface area contributed by atoms with Crippen molar-refractivity contribution >= 4 is 5.97 Å². The third-order valence-electron chi connectivity index (χ3n) is 3.78. The van der Waals surface area contributed by atoms with Crippen molar-refractivity contribution in [1.82, 2.24) is 0 Å². The van der Waals surface area contributed by atoms with Crippen LogP contribution >= 0.6 is 0 Å². The Kier molecular flexibility index (Phi) is 1.07. The first kappa shape index (κ1) is 7.36. The highest BCUT2D eigenvalue weighted by Crippen LogP contribution is 2.65. The minimum atomic E-state index is -0.226. The van der Waals surface area contributed by atoms with Gasteiger partial charge in [0.2, 0.25) is 0 Å². The maximum absolute atomic E-state index is 11.0. The Bertz CT molecular complexity index is 353. The predicted molar refractivity (Wildman–Crippen MR) is 47.9 cm³/mol. The van der Waals surface area contributed by atoms with Gasteiger partial charge in [-0.25, -0.2) is 4.79 Å². The van der Waals surface area contributed by atoms with Crippen LogP contribution < -0.4 is 0 Å². The van der Waals surface area contributed by atoms with E-state index in [0.29, 0.717) is 17.8 Å². The van der Waals surface area contributed by atoms with Crippen molar-refractivity contribution in [3.63, 3.8) is 0 Å². The average Bonchev–Trinajstić information content (AvgIpc) is 2.40. The van der Waals surface area contributed by atoms with Crippen LogP contribution in [0.15, 0.2) is 23.8 Å². The van der Waals surface area contributed by atoms with Crippen molar-refractivity contribution in [2.75, 3.05) is 0 Å². The predicted octanol–water partition coefficient (Wildman–Crippen LogP) is 1.68. The Balaban J connectivity index is 1.95. The second-order valence-corrected chi connectivity index (χ2v) is 4.36. The molecule has 1 heterocycles. The zero-order chi connectivity index (χ0) is 9.22. The van der Waals surface area contributed by atoms with Crippen molar-refractivity contribution in [1.29, 1.82) is 0 Å². The highest BCUT2D eigenvalue weighted by molar-refractivity contribution is 5.86. The van der Waals surface area contributed by atoms with Gasteiger partial charge in [-0.1, -0.05) is 18.6 Å². The van der Waals surface area contributed by atoms with Gasteiger partial charge < -0.3 is 4.74 Å². The van der Waals surface area contributed by atoms with Gasteiger partial charge in [-0.05, 0) is 18.9 Å². The van der Waals surface area contributed by atoms with Crippen molar-refractivity contribution in [2.45, 2.75) is 19.4 Å². The van der Waals surface area contributed by atoms with Crippen LogP contribution in [-0.4, -0.2) is 11.6 Å². The molecule has 0 N–H and O–H groups in total. The molecule has 0 aromatic carbocycles. The fraction of sp³-hybridized carbons (Fsp3) is 0.545. The Hall–Kier alpha value is -1.05. The van der Waals surface area contributed by atoms with Crippen molar-refractivity contribution in [2.24, 2.45) is 17.8 Å². The quantitative estimate of drug-likeness (QED) is 0.414. The van der Waals surface area contributed by atoms with Crippen LogP contribution in [0.1, 0.15) is 13.8 Å². The number of fused-ring (bicyclic) bond motifs is 3. The fourth-order valence-corrected chi connectivity index (χ4v) is 2.89. The van der Waals surface area contributed by atoms with Gasteiger partial charge in [0.1, 0.15) is 5.60 Å². The normalized spacial score (nSPS) is 50.8. The van der Waals surface area contributed by atoms with Gasteiger partial charge in [-0.2, -0.15) is 0 Å². The molecule has 1 fully saturated rings. The molecule has 3 rings (SSSR count). The summed E-state index contributed by atoms with van der Waals surface area (Å²) in [6.45, 7) is 4.37. The Morgan fingerprint density at radius 2 is 2.31 bits per heavy atom. The SMILES string of the molecule is CC1=CC2C(C1C)[C@@]21C=CC(=O)O1. The maximum Gasteiger partial charge on any atom is 0.331 e. The van der Waals surface area contributed by atoms with Crippen LogP contribution in [0, 0.1) is 17.8 Å². The highest BCUT2D eigenvalue weighted by Gasteiger charge is 2.71. The van der Waals surface area contributed by atoms with Crippen LogP contribution in [-0.2, 0) is 9.53 Å². The molecule has 0 aromatic rings. The average molecular weight is 176 g/mol. The molecule has 0 saturated heterocycles. The lowest BCUT2D eigenvalue weighted by Crippen LogP contribution is -2.18. The summed E-state index contributed by atoms with van der Waals surface area (Å²) in [5.74, 6) is 1.38. The summed E-state index contributed by atoms with van der Waals surface area (Å²) in [4.78, 5) is 11.0. The lowest BCUT2D eigenvalue weighted by molar-refractivity contribution is -0.141. The molecule has 0 radical (unpaired) electrons. The molecule has 0 bridgehead atoms. The van der Waals surface area contributed by atoms with E-state index in [-0.39, 0.29) is 11.6 Å². The van der Waals surface area contributed by atoms with Crippen LogP contribution in [0.3, 0.4) is 0 Å². The number of ether oxygens (including phenoxy) is 1. The summed E-state index contributed by atoms with van der Waals surface area (Å²) in [5, 5.41) is 0. The largest absolute Gasteiger partial charge is 0.451 e. The highest BCUT2D eigenvalue weighted by atomic mass is 16.6. The van der Waals surface area contributed by atoms with Crippen molar-refractivity contribution in [3.8, 4) is 0 Å². The van der Waals surface area contributed by atoms with Gasteiger partial charge in [0, 0.05) is 17.9 Å². The molecule has 2 nitrogen and oxygen atoms in total. The fourth-order valence-electron chi connectivity index (χ4n) is 2.89. The van der Waals surface area contributed by atoms with E-state index in [2.05, 4.69) is 19.9 Å². The van der Waals surface area contributed by atoms with Crippen molar-refractivity contribution < 1.29 is 9.53 Å². The number of rotatable bonds is 0. The summed E-state index contributed by atoms with van der Waals surface area (Å²) in [5.41, 5.74) is 1.22. The Morgan fingerprint density at radius 1 is 1.54 bits per heavy atom. The zero-order valence-corrected chi connectivity index (χ0v) is 7.78. The standard InChI is InChI=1S/C11H12O2/c1-6-5-8-10(7(6)2)11(8)4-3-9(12)13-11/h3-5,7-8,10H,1-2H3/t7?,8?,10?,11-/m1/s1. The summed E-state index contributed by atoms with van der Waals surface area (Å²) in [7, 11) is 0. The summed E-state index contributed by atoms with van der Waals surface area (Å²) in [6.07, 6.45) is 5.77. The first-order valence-corrected chi connectivity index (χ1v) is 4.76. The molecule has 2 aliphatic carbocycles. The molecule has 3 aliphatic rings. The number of carbonyl (C=O) groups excluding carboxylic acids is 1. The Morgan fingerprint density at radius 3 is 2.77 bits per heavy atom. The molecular weight excluding hydrogens is 164 g/mol. The molecule has 3 unspecified atom stereocenters. The zero-order valence-electron chi connectivity index (χ0n) is 7.78. The first-order valence-electron chi connectivity index (χ1n) is 4.76. The Labute approximate surface area is 77.3 Å². The monoisotopic (exact) mass is 176 g/mol. The molecule has 0 amide bonds. The van der Waals surface area contributed by atoms with Crippen LogP contribution in [0.5, 0.6) is 0 Å². The maximum atomic E-state index is 11.0. The molecular formula is C11H12O2. The topological polar surface area (TPSA) is 26.3 Å². The van der Waals surface area contributed by atoms with E-state index in [1.54, 1.807) is 6.08 Å². The molecule has 1 aliphatic heterocycles. The van der Waals surface area contributed by atoms with Crippen LogP contribution in [0.25, 0.3) is 0 Å². The smallest absolute Gasteiger partial charge is 0.331 e. The number of allylic oxidation sites excluding steroid dienone is 1. The second-order valence-electron chi connectivity index (χ2n) is 4.36. The molecule has 0 aromatic heterocycles. The summed E-state index contributed by atoms with van der Waals surface area (Å²) in [6, 6.07) is 0. The van der Waals surface area contributed by atoms with Gasteiger partial charge in [-0.3, -0.25) is 0 Å².